The fourth-order valence-corrected chi connectivity index (χ4v) is 3.48. The fourth-order valence-electron chi connectivity index (χ4n) is 3.48. The Morgan fingerprint density at radius 3 is 2.84 bits per heavy atom. The zero-order valence-corrected chi connectivity index (χ0v) is 11.3. The van der Waals surface area contributed by atoms with Crippen molar-refractivity contribution in [3.05, 3.63) is 24.4 Å². The van der Waals surface area contributed by atoms with Gasteiger partial charge in [-0.3, -0.25) is 9.98 Å². The van der Waals surface area contributed by atoms with Crippen molar-refractivity contribution >= 4 is 11.5 Å². The van der Waals surface area contributed by atoms with E-state index in [0.29, 0.717) is 11.9 Å². The summed E-state index contributed by atoms with van der Waals surface area (Å²) < 4.78 is 1.96. The third-order valence-electron chi connectivity index (χ3n) is 4.37. The van der Waals surface area contributed by atoms with E-state index in [2.05, 4.69) is 16.8 Å². The van der Waals surface area contributed by atoms with Crippen LogP contribution in [0.2, 0.25) is 0 Å². The van der Waals surface area contributed by atoms with Gasteiger partial charge in [0.05, 0.1) is 24.3 Å². The van der Waals surface area contributed by atoms with Crippen molar-refractivity contribution in [1.29, 1.82) is 5.41 Å². The van der Waals surface area contributed by atoms with Crippen molar-refractivity contribution in [2.75, 3.05) is 0 Å². The lowest BCUT2D eigenvalue weighted by Crippen LogP contribution is -2.46. The fraction of sp³-hybridized carbons (Fsp3) is 0.571. The van der Waals surface area contributed by atoms with E-state index < -0.39 is 0 Å². The van der Waals surface area contributed by atoms with Gasteiger partial charge in [-0.05, 0) is 19.3 Å². The summed E-state index contributed by atoms with van der Waals surface area (Å²) in [6.45, 7) is 2.17. The van der Waals surface area contributed by atoms with Crippen LogP contribution < -0.4 is 5.73 Å². The summed E-state index contributed by atoms with van der Waals surface area (Å²) in [4.78, 5) is 6.51. The van der Waals surface area contributed by atoms with Crippen molar-refractivity contribution in [3.8, 4) is 0 Å². The lowest BCUT2D eigenvalue weighted by Gasteiger charge is -2.42. The Morgan fingerprint density at radius 1 is 1.47 bits per heavy atom. The highest BCUT2D eigenvalue weighted by atomic mass is 15.3. The molecule has 0 aromatic carbocycles. The minimum Gasteiger partial charge on any atom is -0.403 e. The van der Waals surface area contributed by atoms with Crippen molar-refractivity contribution in [2.24, 2.45) is 5.73 Å². The molecular formula is C14H21N5. The second kappa shape index (κ2) is 4.72. The second-order valence-electron chi connectivity index (χ2n) is 5.36. The van der Waals surface area contributed by atoms with Gasteiger partial charge in [-0.25, -0.2) is 4.98 Å². The molecule has 1 aliphatic heterocycles. The van der Waals surface area contributed by atoms with E-state index in [-0.39, 0.29) is 6.04 Å². The van der Waals surface area contributed by atoms with Crippen molar-refractivity contribution in [2.45, 2.75) is 51.1 Å². The molecule has 1 saturated carbocycles. The molecule has 0 radical (unpaired) electrons. The first-order chi connectivity index (χ1) is 9.27. The molecule has 0 bridgehead atoms. The molecule has 102 valence electrons. The summed E-state index contributed by atoms with van der Waals surface area (Å²) in [6, 6.07) is 0.734. The highest BCUT2D eigenvalue weighted by molar-refractivity contribution is 6.16. The number of nitrogens with zero attached hydrogens (tertiary/aromatic N) is 3. The molecule has 1 atom stereocenters. The van der Waals surface area contributed by atoms with Crippen LogP contribution in [0.15, 0.2) is 18.7 Å². The number of nitrogens with two attached hydrogens (primary N) is 1. The van der Waals surface area contributed by atoms with Crippen LogP contribution in [0.5, 0.6) is 0 Å². The minimum atomic E-state index is 0.252. The van der Waals surface area contributed by atoms with Crippen LogP contribution in [0.1, 0.15) is 50.8 Å². The van der Waals surface area contributed by atoms with Crippen LogP contribution in [-0.2, 0) is 0 Å². The van der Waals surface area contributed by atoms with Gasteiger partial charge in [-0.2, -0.15) is 0 Å². The first-order valence-corrected chi connectivity index (χ1v) is 7.09. The normalized spacial score (nSPS) is 26.2. The highest BCUT2D eigenvalue weighted by Crippen LogP contribution is 2.38. The van der Waals surface area contributed by atoms with Crippen LogP contribution in [0.3, 0.4) is 0 Å². The van der Waals surface area contributed by atoms with Crippen LogP contribution in [0, 0.1) is 5.41 Å². The topological polar surface area (TPSA) is 70.9 Å². The molecule has 5 heteroatoms. The Hall–Kier alpha value is -1.78. The summed E-state index contributed by atoms with van der Waals surface area (Å²) >= 11 is 0. The largest absolute Gasteiger partial charge is 0.403 e. The number of fused-ring (bicyclic) bond motifs is 1. The lowest BCUT2D eigenvalue weighted by atomic mass is 10.0. The first-order valence-electron chi connectivity index (χ1n) is 7.09. The molecule has 0 unspecified atom stereocenters. The molecule has 1 fully saturated rings. The summed E-state index contributed by atoms with van der Waals surface area (Å²) in [7, 11) is 0. The molecule has 1 aromatic rings. The Kier molecular flexibility index (Phi) is 3.05. The quantitative estimate of drug-likeness (QED) is 0.856. The molecule has 3 rings (SSSR count). The van der Waals surface area contributed by atoms with E-state index in [1.807, 2.05) is 10.8 Å². The van der Waals surface area contributed by atoms with Gasteiger partial charge in [-0.1, -0.05) is 19.8 Å². The lowest BCUT2D eigenvalue weighted by molar-refractivity contribution is 0.221. The number of hydrogen-bond donors (Lipinski definition) is 2. The number of imidazole rings is 1. The van der Waals surface area contributed by atoms with Gasteiger partial charge in [-0.15, -0.1) is 0 Å². The van der Waals surface area contributed by atoms with Gasteiger partial charge in [0.15, 0.2) is 0 Å². The third kappa shape index (κ3) is 1.76. The number of hydrogen-bond acceptors (Lipinski definition) is 3. The number of aromatic nitrogens is 2. The third-order valence-corrected chi connectivity index (χ3v) is 4.37. The molecule has 3 N–H and O–H groups in total. The Bertz CT molecular complexity index is 510. The van der Waals surface area contributed by atoms with Crippen LogP contribution in [0.25, 0.3) is 5.70 Å². The summed E-state index contributed by atoms with van der Waals surface area (Å²) in [5.41, 5.74) is 7.65. The maximum Gasteiger partial charge on any atom is 0.147 e. The Morgan fingerprint density at radius 2 is 2.21 bits per heavy atom. The predicted octanol–water partition coefficient (Wildman–Crippen LogP) is 2.33. The maximum absolute atomic E-state index is 8.50. The van der Waals surface area contributed by atoms with Crippen LogP contribution >= 0.6 is 0 Å². The molecule has 0 amide bonds. The molecule has 2 heterocycles. The molecule has 2 aliphatic rings. The number of amidine groups is 1. The molecule has 1 aromatic heterocycles. The molecular weight excluding hydrogens is 238 g/mol. The van der Waals surface area contributed by atoms with Gasteiger partial charge < -0.3 is 10.6 Å². The highest BCUT2D eigenvalue weighted by Gasteiger charge is 2.37. The van der Waals surface area contributed by atoms with E-state index in [9.17, 15) is 0 Å². The standard InChI is InChI=1S/C14H21N5/c1-2-11-13-8-17-9-18(13)12(7-15)14(16)19(11)10-5-3-4-6-10/h7-11,16H,2-6,15H2,1H3/b12-7+,16-14?/t11-/m1/s1. The van der Waals surface area contributed by atoms with Crippen molar-refractivity contribution in [1.82, 2.24) is 14.5 Å². The van der Waals surface area contributed by atoms with E-state index in [1.54, 1.807) is 6.33 Å². The minimum absolute atomic E-state index is 0.252. The predicted molar refractivity (Wildman–Crippen MR) is 75.5 cm³/mol. The molecule has 0 saturated heterocycles. The van der Waals surface area contributed by atoms with Crippen molar-refractivity contribution < 1.29 is 0 Å². The van der Waals surface area contributed by atoms with E-state index in [1.165, 1.54) is 31.9 Å². The van der Waals surface area contributed by atoms with Gasteiger partial charge in [0, 0.05) is 12.2 Å². The SMILES string of the molecule is CC[C@@H]1c2cncn2/C(=C/N)C(=N)N1C1CCCC1. The van der Waals surface area contributed by atoms with Crippen LogP contribution in [0.4, 0.5) is 0 Å². The zero-order chi connectivity index (χ0) is 13.4. The molecule has 0 spiro atoms. The average molecular weight is 259 g/mol. The Balaban J connectivity index is 2.07. The number of rotatable bonds is 2. The zero-order valence-electron chi connectivity index (χ0n) is 11.3. The summed E-state index contributed by atoms with van der Waals surface area (Å²) in [6.07, 6.45) is 11.1. The van der Waals surface area contributed by atoms with Gasteiger partial charge in [0.2, 0.25) is 0 Å². The Labute approximate surface area is 113 Å². The van der Waals surface area contributed by atoms with E-state index >= 15 is 0 Å². The first kappa shape index (κ1) is 12.3. The average Bonchev–Trinajstić information content (AvgIpc) is 3.07. The molecule has 1 aliphatic carbocycles. The smallest absolute Gasteiger partial charge is 0.147 e. The summed E-state index contributed by atoms with van der Waals surface area (Å²) in [5, 5.41) is 8.50. The molecule has 5 nitrogen and oxygen atoms in total. The van der Waals surface area contributed by atoms with Crippen LogP contribution in [-0.4, -0.2) is 26.3 Å². The maximum atomic E-state index is 8.50. The van der Waals surface area contributed by atoms with E-state index in [0.717, 1.165) is 17.8 Å². The molecule has 19 heavy (non-hydrogen) atoms. The second-order valence-corrected chi connectivity index (χ2v) is 5.36. The van der Waals surface area contributed by atoms with Gasteiger partial charge >= 0.3 is 0 Å². The van der Waals surface area contributed by atoms with E-state index in [4.69, 9.17) is 11.1 Å². The van der Waals surface area contributed by atoms with Gasteiger partial charge in [0.1, 0.15) is 11.5 Å². The van der Waals surface area contributed by atoms with Crippen molar-refractivity contribution in [3.63, 3.8) is 0 Å². The number of nitrogens with one attached hydrogen (secondary N) is 1. The van der Waals surface area contributed by atoms with Gasteiger partial charge in [0.25, 0.3) is 0 Å². The monoisotopic (exact) mass is 259 g/mol. The summed E-state index contributed by atoms with van der Waals surface area (Å²) in [5.74, 6) is 0.548.